The molecule has 0 saturated carbocycles. The third-order valence-electron chi connectivity index (χ3n) is 5.69. The van der Waals surface area contributed by atoms with Crippen molar-refractivity contribution in [3.05, 3.63) is 57.8 Å². The number of hydrogen-bond acceptors (Lipinski definition) is 3. The molecule has 0 amide bonds. The normalized spacial score (nSPS) is 22.3. The highest BCUT2D eigenvalue weighted by Gasteiger charge is 2.37. The van der Waals surface area contributed by atoms with E-state index >= 15 is 0 Å². The third-order valence-corrected chi connectivity index (χ3v) is 6.69. The highest BCUT2D eigenvalue weighted by molar-refractivity contribution is 7.10. The predicted molar refractivity (Wildman–Crippen MR) is 108 cm³/mol. The lowest BCUT2D eigenvalue weighted by Crippen LogP contribution is -2.42. The van der Waals surface area contributed by atoms with E-state index in [9.17, 15) is 18.3 Å². The van der Waals surface area contributed by atoms with Gasteiger partial charge in [-0.05, 0) is 55.1 Å². The van der Waals surface area contributed by atoms with Gasteiger partial charge in [0.2, 0.25) is 0 Å². The number of thiophene rings is 1. The summed E-state index contributed by atoms with van der Waals surface area (Å²) in [6.45, 7) is 4.84. The zero-order chi connectivity index (χ0) is 20.1. The lowest BCUT2D eigenvalue weighted by Gasteiger charge is -2.40. The lowest BCUT2D eigenvalue weighted by atomic mass is 9.78. The van der Waals surface area contributed by atoms with Crippen molar-refractivity contribution in [3.63, 3.8) is 0 Å². The van der Waals surface area contributed by atoms with E-state index in [4.69, 9.17) is 0 Å². The summed E-state index contributed by atoms with van der Waals surface area (Å²) in [5, 5.41) is 13.1. The van der Waals surface area contributed by atoms with Crippen LogP contribution in [0.5, 0.6) is 0 Å². The molecule has 2 nitrogen and oxygen atoms in total. The van der Waals surface area contributed by atoms with Crippen LogP contribution in [-0.2, 0) is 6.18 Å². The van der Waals surface area contributed by atoms with Crippen molar-refractivity contribution < 1.29 is 18.3 Å². The van der Waals surface area contributed by atoms with Crippen LogP contribution < -0.4 is 0 Å². The average Bonchev–Trinajstić information content (AvgIpc) is 3.21. The molecule has 1 aliphatic rings. The summed E-state index contributed by atoms with van der Waals surface area (Å²) in [5.41, 5.74) is -0.343. The summed E-state index contributed by atoms with van der Waals surface area (Å²) in [5.74, 6) is 0.0597. The van der Waals surface area contributed by atoms with Gasteiger partial charge in [0.25, 0.3) is 0 Å². The van der Waals surface area contributed by atoms with Gasteiger partial charge in [-0.15, -0.1) is 11.3 Å². The molecule has 3 atom stereocenters. The van der Waals surface area contributed by atoms with E-state index in [0.717, 1.165) is 44.5 Å². The van der Waals surface area contributed by atoms with Gasteiger partial charge in [-0.25, -0.2) is 0 Å². The van der Waals surface area contributed by atoms with E-state index in [-0.39, 0.29) is 11.8 Å². The monoisotopic (exact) mass is 411 g/mol. The quantitative estimate of drug-likeness (QED) is 0.557. The molecule has 2 heterocycles. The number of halogens is 3. The van der Waals surface area contributed by atoms with Crippen molar-refractivity contribution in [1.29, 1.82) is 0 Å². The molecule has 154 valence electrons. The minimum absolute atomic E-state index is 0.113. The number of alkyl halides is 3. The van der Waals surface area contributed by atoms with E-state index < -0.39 is 17.8 Å². The Bertz CT molecular complexity index is 732. The summed E-state index contributed by atoms with van der Waals surface area (Å²) >= 11 is 1.67. The maximum atomic E-state index is 13.1. The second-order valence-corrected chi connectivity index (χ2v) is 8.63. The molecule has 2 aromatic rings. The molecule has 0 radical (unpaired) electrons. The fourth-order valence-electron chi connectivity index (χ4n) is 4.16. The zero-order valence-electron chi connectivity index (χ0n) is 16.2. The summed E-state index contributed by atoms with van der Waals surface area (Å²) in [4.78, 5) is 3.57. The minimum atomic E-state index is -4.40. The van der Waals surface area contributed by atoms with Crippen molar-refractivity contribution in [2.45, 2.75) is 50.8 Å². The summed E-state index contributed by atoms with van der Waals surface area (Å²) < 4.78 is 39.4. The molecule has 0 bridgehead atoms. The topological polar surface area (TPSA) is 23.5 Å². The molecule has 3 unspecified atom stereocenters. The molecule has 0 aliphatic carbocycles. The largest absolute Gasteiger partial charge is 0.416 e. The molecule has 1 N–H and O–H groups in total. The van der Waals surface area contributed by atoms with Gasteiger partial charge in [-0.1, -0.05) is 38.0 Å². The Morgan fingerprint density at radius 2 is 2.04 bits per heavy atom. The van der Waals surface area contributed by atoms with Gasteiger partial charge in [-0.3, -0.25) is 0 Å². The van der Waals surface area contributed by atoms with E-state index in [2.05, 4.69) is 17.9 Å². The fraction of sp³-hybridized carbons (Fsp3) is 0.545. The van der Waals surface area contributed by atoms with E-state index in [1.54, 1.807) is 17.4 Å². The maximum absolute atomic E-state index is 13.1. The number of benzene rings is 1. The van der Waals surface area contributed by atoms with Crippen LogP contribution in [0.15, 0.2) is 41.8 Å². The first kappa shape index (κ1) is 21.3. The highest BCUT2D eigenvalue weighted by atomic mass is 32.1. The van der Waals surface area contributed by atoms with Gasteiger partial charge < -0.3 is 10.0 Å². The van der Waals surface area contributed by atoms with Gasteiger partial charge in [-0.2, -0.15) is 13.2 Å². The smallest absolute Gasteiger partial charge is 0.388 e. The Morgan fingerprint density at radius 1 is 1.21 bits per heavy atom. The predicted octanol–water partition coefficient (Wildman–Crippen LogP) is 6.10. The van der Waals surface area contributed by atoms with E-state index in [1.807, 2.05) is 11.4 Å². The zero-order valence-corrected chi connectivity index (χ0v) is 17.0. The standard InChI is InChI=1S/C22H28F3NOS/c1-2-3-4-11-26-12-10-18(20-9-6-13-28-20)19(15-26)21(27)16-7-5-8-17(14-16)22(23,24)25/h5-9,13-14,18-19,21,27H,2-4,10-12,15H2,1H3. The molecular weight excluding hydrogens is 383 g/mol. The average molecular weight is 412 g/mol. The Balaban J connectivity index is 1.82. The molecule has 0 spiro atoms. The second kappa shape index (κ2) is 9.42. The van der Waals surface area contributed by atoms with Crippen LogP contribution in [0, 0.1) is 5.92 Å². The number of rotatable bonds is 7. The van der Waals surface area contributed by atoms with Crippen LogP contribution in [0.2, 0.25) is 0 Å². The van der Waals surface area contributed by atoms with Crippen LogP contribution in [0.25, 0.3) is 0 Å². The van der Waals surface area contributed by atoms with Gasteiger partial charge in [0, 0.05) is 23.3 Å². The molecule has 28 heavy (non-hydrogen) atoms. The van der Waals surface area contributed by atoms with Gasteiger partial charge in [0.1, 0.15) is 0 Å². The van der Waals surface area contributed by atoms with Crippen molar-refractivity contribution in [2.24, 2.45) is 5.92 Å². The Morgan fingerprint density at radius 3 is 2.71 bits per heavy atom. The number of aliphatic hydroxyl groups is 1. The van der Waals surface area contributed by atoms with Crippen LogP contribution in [-0.4, -0.2) is 29.6 Å². The summed E-state index contributed by atoms with van der Waals surface area (Å²) in [7, 11) is 0. The van der Waals surface area contributed by atoms with Crippen molar-refractivity contribution in [3.8, 4) is 0 Å². The van der Waals surface area contributed by atoms with E-state index in [0.29, 0.717) is 12.1 Å². The van der Waals surface area contributed by atoms with Gasteiger partial charge in [0.05, 0.1) is 11.7 Å². The van der Waals surface area contributed by atoms with Crippen LogP contribution in [0.3, 0.4) is 0 Å². The number of likely N-dealkylation sites (tertiary alicyclic amines) is 1. The lowest BCUT2D eigenvalue weighted by molar-refractivity contribution is -0.137. The Labute approximate surface area is 169 Å². The Hall–Kier alpha value is -1.37. The first-order chi connectivity index (χ1) is 13.4. The molecule has 1 aliphatic heterocycles. The molecule has 1 fully saturated rings. The van der Waals surface area contributed by atoms with Crippen molar-refractivity contribution in [2.75, 3.05) is 19.6 Å². The number of piperidine rings is 1. The van der Waals surface area contributed by atoms with Crippen molar-refractivity contribution in [1.82, 2.24) is 4.90 Å². The van der Waals surface area contributed by atoms with Crippen LogP contribution >= 0.6 is 11.3 Å². The molecule has 1 saturated heterocycles. The molecule has 3 rings (SSSR count). The molecule has 6 heteroatoms. The molecule has 1 aromatic heterocycles. The fourth-order valence-corrected chi connectivity index (χ4v) is 5.10. The van der Waals surface area contributed by atoms with E-state index in [1.165, 1.54) is 17.4 Å². The number of nitrogens with zero attached hydrogens (tertiary/aromatic N) is 1. The minimum Gasteiger partial charge on any atom is -0.388 e. The molecule has 1 aromatic carbocycles. The SMILES string of the molecule is CCCCCN1CCC(c2cccs2)C(C(O)c2cccc(C(F)(F)F)c2)C1. The highest BCUT2D eigenvalue weighted by Crippen LogP contribution is 2.42. The van der Waals surface area contributed by atoms with Gasteiger partial charge in [0.15, 0.2) is 0 Å². The Kier molecular flexibility index (Phi) is 7.18. The third kappa shape index (κ3) is 5.16. The van der Waals surface area contributed by atoms with Gasteiger partial charge >= 0.3 is 6.18 Å². The maximum Gasteiger partial charge on any atom is 0.416 e. The van der Waals surface area contributed by atoms with Crippen LogP contribution in [0.4, 0.5) is 13.2 Å². The first-order valence-electron chi connectivity index (χ1n) is 10.0. The number of aliphatic hydroxyl groups excluding tert-OH is 1. The number of hydrogen-bond donors (Lipinski definition) is 1. The van der Waals surface area contributed by atoms with Crippen LogP contribution in [0.1, 0.15) is 60.6 Å². The first-order valence-corrected chi connectivity index (χ1v) is 10.9. The summed E-state index contributed by atoms with van der Waals surface area (Å²) in [6, 6.07) is 9.25. The second-order valence-electron chi connectivity index (χ2n) is 7.65. The van der Waals surface area contributed by atoms with Crippen molar-refractivity contribution >= 4 is 11.3 Å². The molecular formula is C22H28F3NOS. The summed E-state index contributed by atoms with van der Waals surface area (Å²) in [6.07, 6.45) is -0.946. The number of unbranched alkanes of at least 4 members (excludes halogenated alkanes) is 2.